The fourth-order valence-corrected chi connectivity index (χ4v) is 2.42. The van der Waals surface area contributed by atoms with E-state index in [1.807, 2.05) is 37.3 Å². The molecule has 0 aliphatic carbocycles. The zero-order chi connectivity index (χ0) is 18.2. The SMILES string of the molecule is C[C@H](Cc1ccccc1)NC(=O)[C@H](CC(=O)O)NCCC(C)(C)C. The van der Waals surface area contributed by atoms with Gasteiger partial charge in [-0.05, 0) is 37.3 Å². The Morgan fingerprint density at radius 1 is 1.17 bits per heavy atom. The molecule has 24 heavy (non-hydrogen) atoms. The number of hydrogen-bond donors (Lipinski definition) is 3. The van der Waals surface area contributed by atoms with Gasteiger partial charge in [-0.1, -0.05) is 51.1 Å². The molecule has 0 spiro atoms. The number of rotatable bonds is 9. The van der Waals surface area contributed by atoms with Gasteiger partial charge in [0.2, 0.25) is 5.91 Å². The Labute approximate surface area is 144 Å². The van der Waals surface area contributed by atoms with E-state index in [-0.39, 0.29) is 23.8 Å². The van der Waals surface area contributed by atoms with Crippen LogP contribution in [-0.4, -0.2) is 35.6 Å². The Bertz CT molecular complexity index is 523. The van der Waals surface area contributed by atoms with Gasteiger partial charge >= 0.3 is 5.97 Å². The van der Waals surface area contributed by atoms with Gasteiger partial charge in [0, 0.05) is 6.04 Å². The molecule has 0 aliphatic heterocycles. The smallest absolute Gasteiger partial charge is 0.305 e. The lowest BCUT2D eigenvalue weighted by Gasteiger charge is -2.23. The monoisotopic (exact) mass is 334 g/mol. The first-order chi connectivity index (χ1) is 11.2. The molecule has 1 aromatic rings. The highest BCUT2D eigenvalue weighted by molar-refractivity contribution is 5.86. The molecule has 1 rings (SSSR count). The number of amides is 1. The summed E-state index contributed by atoms with van der Waals surface area (Å²) < 4.78 is 0. The maximum absolute atomic E-state index is 12.4. The Balaban J connectivity index is 2.54. The number of aliphatic carboxylic acids is 1. The summed E-state index contributed by atoms with van der Waals surface area (Å²) in [6, 6.07) is 9.15. The van der Waals surface area contributed by atoms with Crippen LogP contribution in [0.15, 0.2) is 30.3 Å². The van der Waals surface area contributed by atoms with Crippen molar-refractivity contribution in [2.45, 2.75) is 59.0 Å². The molecule has 2 atom stereocenters. The summed E-state index contributed by atoms with van der Waals surface area (Å²) in [6.45, 7) is 8.88. The molecule has 0 unspecified atom stereocenters. The van der Waals surface area contributed by atoms with Gasteiger partial charge in [0.1, 0.15) is 0 Å². The molecule has 0 heterocycles. The number of benzene rings is 1. The zero-order valence-electron chi connectivity index (χ0n) is 15.1. The van der Waals surface area contributed by atoms with Crippen LogP contribution in [0.25, 0.3) is 0 Å². The Morgan fingerprint density at radius 3 is 2.33 bits per heavy atom. The molecule has 0 bridgehead atoms. The maximum Gasteiger partial charge on any atom is 0.305 e. The van der Waals surface area contributed by atoms with Crippen LogP contribution in [0.5, 0.6) is 0 Å². The summed E-state index contributed by atoms with van der Waals surface area (Å²) in [4.78, 5) is 23.4. The molecule has 0 aromatic heterocycles. The highest BCUT2D eigenvalue weighted by Crippen LogP contribution is 2.17. The molecule has 1 amide bonds. The molecule has 0 radical (unpaired) electrons. The summed E-state index contributed by atoms with van der Waals surface area (Å²) in [5, 5.41) is 15.0. The van der Waals surface area contributed by atoms with Crippen molar-refractivity contribution in [1.82, 2.24) is 10.6 Å². The van der Waals surface area contributed by atoms with Gasteiger partial charge < -0.3 is 15.7 Å². The second-order valence-corrected chi connectivity index (χ2v) is 7.51. The molecule has 0 aliphatic rings. The number of carbonyl (C=O) groups is 2. The average Bonchev–Trinajstić information content (AvgIpc) is 2.45. The van der Waals surface area contributed by atoms with Crippen LogP contribution in [0.4, 0.5) is 0 Å². The summed E-state index contributed by atoms with van der Waals surface area (Å²) in [7, 11) is 0. The van der Waals surface area contributed by atoms with Gasteiger partial charge in [-0.15, -0.1) is 0 Å². The first-order valence-corrected chi connectivity index (χ1v) is 8.47. The van der Waals surface area contributed by atoms with Crippen molar-refractivity contribution in [3.05, 3.63) is 35.9 Å². The molecular formula is C19H30N2O3. The van der Waals surface area contributed by atoms with Gasteiger partial charge in [-0.25, -0.2) is 0 Å². The van der Waals surface area contributed by atoms with E-state index in [1.165, 1.54) is 0 Å². The number of nitrogens with one attached hydrogen (secondary N) is 2. The van der Waals surface area contributed by atoms with Gasteiger partial charge in [-0.2, -0.15) is 0 Å². The second kappa shape index (κ2) is 9.42. The molecular weight excluding hydrogens is 304 g/mol. The normalized spacial score (nSPS) is 14.0. The largest absolute Gasteiger partial charge is 0.481 e. The number of carboxylic acids is 1. The Kier molecular flexibility index (Phi) is 7.92. The van der Waals surface area contributed by atoms with E-state index in [4.69, 9.17) is 5.11 Å². The summed E-state index contributed by atoms with van der Waals surface area (Å²) in [6.07, 6.45) is 1.37. The third-order valence-electron chi connectivity index (χ3n) is 3.73. The lowest BCUT2D eigenvalue weighted by atomic mass is 9.92. The van der Waals surface area contributed by atoms with E-state index >= 15 is 0 Å². The highest BCUT2D eigenvalue weighted by atomic mass is 16.4. The fourth-order valence-electron chi connectivity index (χ4n) is 2.42. The van der Waals surface area contributed by atoms with Crippen molar-refractivity contribution >= 4 is 11.9 Å². The molecule has 1 aromatic carbocycles. The lowest BCUT2D eigenvalue weighted by molar-refractivity contribution is -0.140. The predicted molar refractivity (Wildman–Crippen MR) is 95.9 cm³/mol. The van der Waals surface area contributed by atoms with E-state index in [0.717, 1.165) is 12.0 Å². The summed E-state index contributed by atoms with van der Waals surface area (Å²) in [5.41, 5.74) is 1.28. The number of carboxylic acid groups (broad SMARTS) is 1. The Morgan fingerprint density at radius 2 is 1.79 bits per heavy atom. The van der Waals surface area contributed by atoms with E-state index in [9.17, 15) is 9.59 Å². The first kappa shape index (κ1) is 20.2. The van der Waals surface area contributed by atoms with E-state index in [1.54, 1.807) is 0 Å². The minimum atomic E-state index is -0.978. The lowest BCUT2D eigenvalue weighted by Crippen LogP contribution is -2.49. The molecule has 3 N–H and O–H groups in total. The quantitative estimate of drug-likeness (QED) is 0.649. The molecule has 0 saturated heterocycles. The molecule has 0 fully saturated rings. The van der Waals surface area contributed by atoms with Crippen molar-refractivity contribution in [2.75, 3.05) is 6.54 Å². The van der Waals surface area contributed by atoms with Gasteiger partial charge in [0.05, 0.1) is 12.5 Å². The van der Waals surface area contributed by atoms with Gasteiger partial charge in [-0.3, -0.25) is 9.59 Å². The standard InChI is InChI=1S/C19H30N2O3/c1-14(12-15-8-6-5-7-9-15)21-18(24)16(13-17(22)23)20-11-10-19(2,3)4/h5-9,14,16,20H,10-13H2,1-4H3,(H,21,24)(H,22,23)/t14-,16+/m1/s1. The van der Waals surface area contributed by atoms with Crippen molar-refractivity contribution < 1.29 is 14.7 Å². The van der Waals surface area contributed by atoms with Crippen LogP contribution < -0.4 is 10.6 Å². The molecule has 5 heteroatoms. The highest BCUT2D eigenvalue weighted by Gasteiger charge is 2.23. The van der Waals surface area contributed by atoms with Crippen LogP contribution in [-0.2, 0) is 16.0 Å². The Hall–Kier alpha value is -1.88. The minimum absolute atomic E-state index is 0.0550. The van der Waals surface area contributed by atoms with Gasteiger partial charge in [0.25, 0.3) is 0 Å². The zero-order valence-corrected chi connectivity index (χ0v) is 15.1. The van der Waals surface area contributed by atoms with Crippen molar-refractivity contribution in [3.63, 3.8) is 0 Å². The predicted octanol–water partition coefficient (Wildman–Crippen LogP) is 2.60. The van der Waals surface area contributed by atoms with Crippen LogP contribution in [0.2, 0.25) is 0 Å². The second-order valence-electron chi connectivity index (χ2n) is 7.51. The van der Waals surface area contributed by atoms with E-state index < -0.39 is 12.0 Å². The van der Waals surface area contributed by atoms with E-state index in [2.05, 4.69) is 31.4 Å². The van der Waals surface area contributed by atoms with Crippen molar-refractivity contribution in [1.29, 1.82) is 0 Å². The molecule has 5 nitrogen and oxygen atoms in total. The average molecular weight is 334 g/mol. The maximum atomic E-state index is 12.4. The van der Waals surface area contributed by atoms with Crippen LogP contribution in [0, 0.1) is 5.41 Å². The van der Waals surface area contributed by atoms with Crippen LogP contribution >= 0.6 is 0 Å². The topological polar surface area (TPSA) is 78.4 Å². The first-order valence-electron chi connectivity index (χ1n) is 8.47. The summed E-state index contributed by atoms with van der Waals surface area (Å²) in [5.74, 6) is -1.23. The third kappa shape index (κ3) is 8.67. The number of hydrogen-bond acceptors (Lipinski definition) is 3. The fraction of sp³-hybridized carbons (Fsp3) is 0.579. The molecule has 0 saturated carbocycles. The van der Waals surface area contributed by atoms with Crippen molar-refractivity contribution in [3.8, 4) is 0 Å². The third-order valence-corrected chi connectivity index (χ3v) is 3.73. The number of carbonyl (C=O) groups excluding carboxylic acids is 1. The molecule has 134 valence electrons. The van der Waals surface area contributed by atoms with Crippen LogP contribution in [0.1, 0.15) is 46.1 Å². The van der Waals surface area contributed by atoms with E-state index in [0.29, 0.717) is 13.0 Å². The van der Waals surface area contributed by atoms with Gasteiger partial charge in [0.15, 0.2) is 0 Å². The van der Waals surface area contributed by atoms with Crippen molar-refractivity contribution in [2.24, 2.45) is 5.41 Å². The summed E-state index contributed by atoms with van der Waals surface area (Å²) >= 11 is 0. The van der Waals surface area contributed by atoms with Crippen LogP contribution in [0.3, 0.4) is 0 Å². The minimum Gasteiger partial charge on any atom is -0.481 e.